The SMILES string of the molecule is Cc1cc(C)cc(Cc2nc(=S)cc(CC(C)C)[nH]2)c1. The summed E-state index contributed by atoms with van der Waals surface area (Å²) in [6, 6.07) is 8.58. The molecular weight excluding hydrogens is 264 g/mol. The molecule has 0 fully saturated rings. The third-order valence-corrected chi connectivity index (χ3v) is 3.34. The van der Waals surface area contributed by atoms with Crippen LogP contribution >= 0.6 is 12.2 Å². The topological polar surface area (TPSA) is 28.7 Å². The van der Waals surface area contributed by atoms with Gasteiger partial charge in [-0.15, -0.1) is 0 Å². The Bertz CT molecular complexity index is 636. The van der Waals surface area contributed by atoms with Gasteiger partial charge in [0.1, 0.15) is 10.5 Å². The lowest BCUT2D eigenvalue weighted by atomic mass is 10.0. The van der Waals surface area contributed by atoms with E-state index in [4.69, 9.17) is 12.2 Å². The number of aromatic amines is 1. The first-order valence-corrected chi connectivity index (χ1v) is 7.49. The Kier molecular flexibility index (Phi) is 4.71. The predicted octanol–water partition coefficient (Wildman–Crippen LogP) is 4.55. The molecule has 0 unspecified atom stereocenters. The van der Waals surface area contributed by atoms with Gasteiger partial charge < -0.3 is 4.98 Å². The zero-order valence-electron chi connectivity index (χ0n) is 12.7. The highest BCUT2D eigenvalue weighted by Crippen LogP contribution is 2.13. The van der Waals surface area contributed by atoms with Gasteiger partial charge in [0, 0.05) is 12.1 Å². The molecule has 0 atom stereocenters. The van der Waals surface area contributed by atoms with Crippen LogP contribution in [0.2, 0.25) is 0 Å². The number of nitrogens with zero attached hydrogens (tertiary/aromatic N) is 1. The summed E-state index contributed by atoms with van der Waals surface area (Å²) in [5, 5.41) is 0. The molecule has 0 aliphatic heterocycles. The summed E-state index contributed by atoms with van der Waals surface area (Å²) in [5.41, 5.74) is 5.04. The van der Waals surface area contributed by atoms with E-state index in [1.807, 2.05) is 6.07 Å². The van der Waals surface area contributed by atoms with Gasteiger partial charge in [0.15, 0.2) is 0 Å². The fraction of sp³-hybridized carbons (Fsp3) is 0.412. The van der Waals surface area contributed by atoms with Gasteiger partial charge in [-0.25, -0.2) is 4.98 Å². The van der Waals surface area contributed by atoms with Gasteiger partial charge in [-0.05, 0) is 37.8 Å². The number of aromatic nitrogens is 2. The second-order valence-corrected chi connectivity index (χ2v) is 6.38. The molecule has 106 valence electrons. The number of benzene rings is 1. The van der Waals surface area contributed by atoms with E-state index < -0.39 is 0 Å². The van der Waals surface area contributed by atoms with Crippen LogP contribution in [0, 0.1) is 24.4 Å². The third kappa shape index (κ3) is 4.27. The molecule has 3 heteroatoms. The highest BCUT2D eigenvalue weighted by Gasteiger charge is 2.04. The summed E-state index contributed by atoms with van der Waals surface area (Å²) in [6.45, 7) is 8.67. The summed E-state index contributed by atoms with van der Waals surface area (Å²) in [6.07, 6.45) is 1.81. The molecule has 0 amide bonds. The number of H-pyrrole nitrogens is 1. The van der Waals surface area contributed by atoms with E-state index in [0.29, 0.717) is 10.6 Å². The molecule has 20 heavy (non-hydrogen) atoms. The average molecular weight is 286 g/mol. The lowest BCUT2D eigenvalue weighted by Crippen LogP contribution is -2.04. The van der Waals surface area contributed by atoms with E-state index in [2.05, 4.69) is 55.9 Å². The van der Waals surface area contributed by atoms with E-state index in [-0.39, 0.29) is 0 Å². The molecule has 0 aliphatic rings. The van der Waals surface area contributed by atoms with Crippen molar-refractivity contribution in [3.05, 3.63) is 57.1 Å². The second-order valence-electron chi connectivity index (χ2n) is 5.96. The number of rotatable bonds is 4. The van der Waals surface area contributed by atoms with Crippen LogP contribution in [0.15, 0.2) is 24.3 Å². The van der Waals surface area contributed by atoms with Crippen LogP contribution in [0.25, 0.3) is 0 Å². The zero-order chi connectivity index (χ0) is 14.7. The lowest BCUT2D eigenvalue weighted by molar-refractivity contribution is 0.630. The van der Waals surface area contributed by atoms with Crippen LogP contribution in [0.5, 0.6) is 0 Å². The molecule has 0 spiro atoms. The normalized spacial score (nSPS) is 11.1. The average Bonchev–Trinajstić information content (AvgIpc) is 2.24. The van der Waals surface area contributed by atoms with Gasteiger partial charge in [-0.2, -0.15) is 0 Å². The summed E-state index contributed by atoms with van der Waals surface area (Å²) in [4.78, 5) is 7.88. The number of nitrogens with one attached hydrogen (secondary N) is 1. The standard InChI is InChI=1S/C17H22N2S/c1-11(2)5-15-10-17(20)19-16(18-15)9-14-7-12(3)6-13(4)8-14/h6-8,10-11H,5,9H2,1-4H3,(H,18,19,20). The highest BCUT2D eigenvalue weighted by molar-refractivity contribution is 7.71. The Morgan fingerprint density at radius 2 is 1.75 bits per heavy atom. The van der Waals surface area contributed by atoms with E-state index in [0.717, 1.165) is 18.7 Å². The van der Waals surface area contributed by atoms with Crippen LogP contribution < -0.4 is 0 Å². The molecule has 0 aliphatic carbocycles. The van der Waals surface area contributed by atoms with E-state index in [9.17, 15) is 0 Å². The molecule has 1 aromatic carbocycles. The van der Waals surface area contributed by atoms with Crippen molar-refractivity contribution < 1.29 is 0 Å². The lowest BCUT2D eigenvalue weighted by Gasteiger charge is -2.09. The molecule has 1 N–H and O–H groups in total. The molecule has 0 saturated heterocycles. The van der Waals surface area contributed by atoms with Crippen LogP contribution in [-0.2, 0) is 12.8 Å². The minimum absolute atomic E-state index is 0.608. The van der Waals surface area contributed by atoms with Crippen molar-refractivity contribution in [1.29, 1.82) is 0 Å². The van der Waals surface area contributed by atoms with Crippen molar-refractivity contribution in [2.24, 2.45) is 5.92 Å². The molecule has 0 radical (unpaired) electrons. The summed E-state index contributed by atoms with van der Waals surface area (Å²) < 4.78 is 0.679. The first-order valence-electron chi connectivity index (χ1n) is 7.08. The third-order valence-electron chi connectivity index (χ3n) is 3.13. The quantitative estimate of drug-likeness (QED) is 0.836. The van der Waals surface area contributed by atoms with E-state index in [1.54, 1.807) is 0 Å². The molecule has 2 nitrogen and oxygen atoms in total. The van der Waals surface area contributed by atoms with Crippen molar-refractivity contribution in [1.82, 2.24) is 9.97 Å². The number of hydrogen-bond acceptors (Lipinski definition) is 2. The zero-order valence-corrected chi connectivity index (χ0v) is 13.5. The molecule has 1 aromatic heterocycles. The Morgan fingerprint density at radius 3 is 2.35 bits per heavy atom. The maximum Gasteiger partial charge on any atom is 0.130 e. The van der Waals surface area contributed by atoms with Crippen LogP contribution in [0.1, 0.15) is 42.1 Å². The Labute approximate surface area is 126 Å². The fourth-order valence-electron chi connectivity index (χ4n) is 2.56. The maximum absolute atomic E-state index is 5.28. The smallest absolute Gasteiger partial charge is 0.130 e. The van der Waals surface area contributed by atoms with Gasteiger partial charge in [0.25, 0.3) is 0 Å². The first kappa shape index (κ1) is 14.9. The van der Waals surface area contributed by atoms with Gasteiger partial charge in [-0.3, -0.25) is 0 Å². The van der Waals surface area contributed by atoms with Crippen molar-refractivity contribution in [2.75, 3.05) is 0 Å². The van der Waals surface area contributed by atoms with Gasteiger partial charge in [0.05, 0.1) is 0 Å². The largest absolute Gasteiger partial charge is 0.347 e. The van der Waals surface area contributed by atoms with Gasteiger partial charge >= 0.3 is 0 Å². The van der Waals surface area contributed by atoms with Crippen molar-refractivity contribution in [3.63, 3.8) is 0 Å². The van der Waals surface area contributed by atoms with Crippen LogP contribution in [-0.4, -0.2) is 9.97 Å². The second kappa shape index (κ2) is 6.31. The Hall–Kier alpha value is -1.48. The number of aryl methyl sites for hydroxylation is 2. The minimum Gasteiger partial charge on any atom is -0.347 e. The predicted molar refractivity (Wildman–Crippen MR) is 86.7 cm³/mol. The van der Waals surface area contributed by atoms with Gasteiger partial charge in [-0.1, -0.05) is 55.4 Å². The Balaban J connectivity index is 2.28. The molecule has 0 saturated carbocycles. The molecule has 1 heterocycles. The summed E-state index contributed by atoms with van der Waals surface area (Å²) in [7, 11) is 0. The van der Waals surface area contributed by atoms with Crippen molar-refractivity contribution >= 4 is 12.2 Å². The monoisotopic (exact) mass is 286 g/mol. The van der Waals surface area contributed by atoms with Crippen molar-refractivity contribution in [2.45, 2.75) is 40.5 Å². The highest BCUT2D eigenvalue weighted by atomic mass is 32.1. The van der Waals surface area contributed by atoms with E-state index >= 15 is 0 Å². The minimum atomic E-state index is 0.608. The molecule has 2 aromatic rings. The fourth-order valence-corrected chi connectivity index (χ4v) is 2.81. The maximum atomic E-state index is 5.28. The molecule has 0 bridgehead atoms. The summed E-state index contributed by atoms with van der Waals surface area (Å²) >= 11 is 5.28. The van der Waals surface area contributed by atoms with Crippen LogP contribution in [0.3, 0.4) is 0 Å². The van der Waals surface area contributed by atoms with E-state index in [1.165, 1.54) is 22.4 Å². The molecular formula is C17H22N2S. The van der Waals surface area contributed by atoms with Crippen LogP contribution in [0.4, 0.5) is 0 Å². The van der Waals surface area contributed by atoms with Crippen molar-refractivity contribution in [3.8, 4) is 0 Å². The Morgan fingerprint density at radius 1 is 1.10 bits per heavy atom. The summed E-state index contributed by atoms with van der Waals surface area (Å²) in [5.74, 6) is 1.57. The molecule has 2 rings (SSSR count). The first-order chi connectivity index (χ1) is 9.42. The van der Waals surface area contributed by atoms with Gasteiger partial charge in [0.2, 0.25) is 0 Å². The number of hydrogen-bond donors (Lipinski definition) is 1.